The fourth-order valence-electron chi connectivity index (χ4n) is 4.71. The molecule has 0 N–H and O–H groups in total. The Morgan fingerprint density at radius 1 is 0.710 bits per heavy atom. The maximum Gasteiger partial charge on any atom is 0.130 e. The summed E-state index contributed by atoms with van der Waals surface area (Å²) < 4.78 is 0.00803. The first-order chi connectivity index (χ1) is 13.8. The zero-order chi connectivity index (χ0) is 23.4. The van der Waals surface area contributed by atoms with Crippen LogP contribution >= 0.6 is 54.9 Å². The van der Waals surface area contributed by atoms with Gasteiger partial charge in [0.1, 0.15) is 4.08 Å². The van der Waals surface area contributed by atoms with Crippen molar-refractivity contribution in [2.24, 2.45) is 21.7 Å². The van der Waals surface area contributed by atoms with Gasteiger partial charge in [0.15, 0.2) is 0 Å². The van der Waals surface area contributed by atoms with E-state index < -0.39 is 0 Å². The van der Waals surface area contributed by atoms with Crippen LogP contribution in [-0.2, 0) is 0 Å². The normalized spacial score (nSPS) is 31.6. The molecule has 0 amide bonds. The summed E-state index contributed by atoms with van der Waals surface area (Å²) in [7, 11) is 6.25. The van der Waals surface area contributed by atoms with Gasteiger partial charge in [-0.05, 0) is 48.2 Å². The van der Waals surface area contributed by atoms with E-state index in [-0.39, 0.29) is 30.5 Å². The Morgan fingerprint density at radius 3 is 1.81 bits per heavy atom. The molecule has 2 aliphatic carbocycles. The summed E-state index contributed by atoms with van der Waals surface area (Å²) in [6, 6.07) is 0. The van der Waals surface area contributed by atoms with Gasteiger partial charge in [0.05, 0.1) is 4.75 Å². The maximum atomic E-state index is 2.66. The van der Waals surface area contributed by atoms with Gasteiger partial charge in [0.2, 0.25) is 0 Å². The molecule has 172 valence electrons. The summed E-state index contributed by atoms with van der Waals surface area (Å²) in [5, 5.41) is 0. The zero-order valence-electron chi connectivity index (χ0n) is 21.2. The highest BCUT2D eigenvalue weighted by molar-refractivity contribution is 9.10. The van der Waals surface area contributed by atoms with Crippen LogP contribution in [0.3, 0.4) is 0 Å². The molecular weight excluding hydrogens is 473 g/mol. The van der Waals surface area contributed by atoms with Crippen LogP contribution in [0.5, 0.6) is 0 Å². The van der Waals surface area contributed by atoms with E-state index in [0.717, 1.165) is 0 Å². The van der Waals surface area contributed by atoms with Gasteiger partial charge >= 0.3 is 0 Å². The van der Waals surface area contributed by atoms with Gasteiger partial charge in [0, 0.05) is 14.7 Å². The number of allylic oxidation sites excluding steroid dienone is 3. The number of rotatable bonds is 0. The van der Waals surface area contributed by atoms with Crippen molar-refractivity contribution in [3.63, 3.8) is 0 Å². The quantitative estimate of drug-likeness (QED) is 0.296. The third kappa shape index (κ3) is 3.61. The Hall–Kier alpha value is 0.710. The van der Waals surface area contributed by atoms with Gasteiger partial charge in [0.25, 0.3) is 0 Å². The first-order valence-corrected chi connectivity index (χ1v) is 16.3. The minimum atomic E-state index is -0.0131. The molecular formula is C26H38S5. The van der Waals surface area contributed by atoms with E-state index in [0.29, 0.717) is 0 Å². The molecule has 2 unspecified atom stereocenters. The van der Waals surface area contributed by atoms with Gasteiger partial charge < -0.3 is 0 Å². The minimum Gasteiger partial charge on any atom is -0.0961 e. The van der Waals surface area contributed by atoms with Gasteiger partial charge in [-0.15, -0.1) is 0 Å². The summed E-state index contributed by atoms with van der Waals surface area (Å²) in [6.45, 7) is 28.8. The Kier molecular flexibility index (Phi) is 5.70. The van der Waals surface area contributed by atoms with Crippen molar-refractivity contribution in [2.45, 2.75) is 91.9 Å². The van der Waals surface area contributed by atoms with E-state index in [9.17, 15) is 0 Å². The zero-order valence-corrected chi connectivity index (χ0v) is 25.3. The van der Waals surface area contributed by atoms with Gasteiger partial charge in [-0.1, -0.05) is 140 Å². The smallest absolute Gasteiger partial charge is 0.0961 e. The second kappa shape index (κ2) is 7.12. The molecule has 0 aromatic rings. The van der Waals surface area contributed by atoms with Crippen LogP contribution in [0.1, 0.15) is 83.1 Å². The van der Waals surface area contributed by atoms with Crippen LogP contribution in [0.4, 0.5) is 0 Å². The van der Waals surface area contributed by atoms with Gasteiger partial charge in [-0.25, -0.2) is 0 Å². The molecule has 2 atom stereocenters. The van der Waals surface area contributed by atoms with E-state index in [2.05, 4.69) is 140 Å². The van der Waals surface area contributed by atoms with Crippen LogP contribution in [-0.4, -0.2) is 8.83 Å². The molecule has 0 nitrogen and oxygen atoms in total. The lowest BCUT2D eigenvalue weighted by Gasteiger charge is -2.49. The van der Waals surface area contributed by atoms with E-state index in [1.54, 1.807) is 31.4 Å². The second-order valence-electron chi connectivity index (χ2n) is 13.3. The SMILES string of the molecule is CC(C)(C)C1=CC2(C(C)(C)C)SSSC34SC1=C2SC3=C(C(C)(C)C)C=C4C(C)(C)C. The molecule has 1 saturated heterocycles. The fourth-order valence-corrected chi connectivity index (χ4v) is 16.9. The van der Waals surface area contributed by atoms with Crippen molar-refractivity contribution in [1.82, 2.24) is 0 Å². The highest BCUT2D eigenvalue weighted by Crippen LogP contribution is 2.80. The number of hydrogen-bond donors (Lipinski definition) is 0. The topological polar surface area (TPSA) is 0 Å². The molecule has 4 bridgehead atoms. The minimum absolute atomic E-state index is 0.0131. The Balaban J connectivity index is 2.04. The Labute approximate surface area is 210 Å². The average Bonchev–Trinajstić information content (AvgIpc) is 3.04. The largest absolute Gasteiger partial charge is 0.130 e. The van der Waals surface area contributed by atoms with Gasteiger partial charge in [-0.2, -0.15) is 0 Å². The average molecular weight is 511 g/mol. The number of hydrogen-bond acceptors (Lipinski definition) is 5. The van der Waals surface area contributed by atoms with E-state index in [1.165, 1.54) is 0 Å². The van der Waals surface area contributed by atoms with Crippen LogP contribution in [0.2, 0.25) is 0 Å². The van der Waals surface area contributed by atoms with Crippen molar-refractivity contribution < 1.29 is 0 Å². The van der Waals surface area contributed by atoms with Crippen LogP contribution in [0.25, 0.3) is 0 Å². The van der Waals surface area contributed by atoms with Crippen LogP contribution in [0.15, 0.2) is 43.6 Å². The van der Waals surface area contributed by atoms with Crippen molar-refractivity contribution in [1.29, 1.82) is 0 Å². The van der Waals surface area contributed by atoms with Crippen molar-refractivity contribution in [2.75, 3.05) is 0 Å². The van der Waals surface area contributed by atoms with E-state index in [1.807, 2.05) is 9.83 Å². The molecule has 1 fully saturated rings. The lowest BCUT2D eigenvalue weighted by molar-refractivity contribution is 0.373. The summed E-state index contributed by atoms with van der Waals surface area (Å²) in [5.74, 6) is 0. The fraction of sp³-hybridized carbons (Fsp3) is 0.692. The molecule has 3 heterocycles. The molecule has 0 aromatic heterocycles. The third-order valence-corrected chi connectivity index (χ3v) is 15.9. The number of fused-ring (bicyclic) bond motifs is 2. The molecule has 31 heavy (non-hydrogen) atoms. The Bertz CT molecular complexity index is 950. The molecule has 0 radical (unpaired) electrons. The lowest BCUT2D eigenvalue weighted by atomic mass is 9.79. The van der Waals surface area contributed by atoms with Crippen LogP contribution in [0, 0.1) is 21.7 Å². The second-order valence-corrected chi connectivity index (χ2v) is 20.2. The van der Waals surface area contributed by atoms with Crippen molar-refractivity contribution in [3.05, 3.63) is 43.6 Å². The van der Waals surface area contributed by atoms with E-state index >= 15 is 0 Å². The highest BCUT2D eigenvalue weighted by Gasteiger charge is 2.62. The first kappa shape index (κ1) is 24.8. The lowest BCUT2D eigenvalue weighted by Crippen LogP contribution is -2.40. The summed E-state index contributed by atoms with van der Waals surface area (Å²) in [4.78, 5) is 4.77. The summed E-state index contributed by atoms with van der Waals surface area (Å²) in [6.07, 6.45) is 5.24. The molecule has 3 aliphatic heterocycles. The molecule has 5 aliphatic rings. The van der Waals surface area contributed by atoms with Crippen molar-refractivity contribution >= 4 is 54.9 Å². The molecule has 5 heteroatoms. The number of thioether (sulfide) groups is 2. The standard InChI is InChI=1S/C26H38S5/c1-21(2,3)15-13-17(23(7,8)9)26-19(15)27-20-18(28-26)16(22(4,5)6)14-25(20,24(10,11)12)29-31-30-26/h13-14H,1-12H3. The predicted octanol–water partition coefficient (Wildman–Crippen LogP) is 10.5. The summed E-state index contributed by atoms with van der Waals surface area (Å²) >= 11 is 4.31. The van der Waals surface area contributed by atoms with Crippen LogP contribution < -0.4 is 0 Å². The first-order valence-electron chi connectivity index (χ1n) is 11.2. The predicted molar refractivity (Wildman–Crippen MR) is 151 cm³/mol. The molecule has 5 rings (SSSR count). The summed E-state index contributed by atoms with van der Waals surface area (Å²) in [5.41, 5.74) is 5.25. The Morgan fingerprint density at radius 2 is 1.32 bits per heavy atom. The monoisotopic (exact) mass is 510 g/mol. The maximum absolute atomic E-state index is 2.66. The van der Waals surface area contributed by atoms with Crippen molar-refractivity contribution in [3.8, 4) is 0 Å². The third-order valence-electron chi connectivity index (χ3n) is 6.63. The molecule has 1 spiro atoms. The molecule has 0 saturated carbocycles. The van der Waals surface area contributed by atoms with Gasteiger partial charge in [-0.3, -0.25) is 0 Å². The highest BCUT2D eigenvalue weighted by atomic mass is 33.5. The van der Waals surface area contributed by atoms with E-state index in [4.69, 9.17) is 0 Å². The molecule has 0 aromatic carbocycles.